The van der Waals surface area contributed by atoms with E-state index in [2.05, 4.69) is 4.98 Å². The number of fused-ring (bicyclic) bond motifs is 1. The Hall–Kier alpha value is -2.51. The number of carbonyl (C=O) groups excluding carboxylic acids is 1. The van der Waals surface area contributed by atoms with Crippen molar-refractivity contribution in [3.05, 3.63) is 53.8 Å². The number of ether oxygens (including phenoxy) is 2. The van der Waals surface area contributed by atoms with Crippen molar-refractivity contribution in [3.8, 4) is 5.75 Å². The molecule has 1 fully saturated rings. The lowest BCUT2D eigenvalue weighted by Gasteiger charge is -2.23. The molecule has 0 aliphatic carbocycles. The van der Waals surface area contributed by atoms with E-state index in [-0.39, 0.29) is 24.4 Å². The Labute approximate surface area is 166 Å². The van der Waals surface area contributed by atoms with E-state index in [1.54, 1.807) is 11.0 Å². The number of nitrogens with zero attached hydrogens (tertiary/aromatic N) is 2. The molecule has 28 heavy (non-hydrogen) atoms. The Bertz CT molecular complexity index is 967. The molecule has 1 amide bonds. The molecular weight excluding hydrogens is 379 g/mol. The number of rotatable bonds is 6. The maximum absolute atomic E-state index is 13.5. The summed E-state index contributed by atoms with van der Waals surface area (Å²) in [6, 6.07) is 12.0. The van der Waals surface area contributed by atoms with E-state index in [0.29, 0.717) is 34.2 Å². The molecule has 2 heterocycles. The van der Waals surface area contributed by atoms with Crippen LogP contribution in [0.1, 0.15) is 18.4 Å². The van der Waals surface area contributed by atoms with Gasteiger partial charge in [-0.2, -0.15) is 0 Å². The molecule has 146 valence electrons. The molecule has 1 aromatic heterocycles. The fraction of sp³-hybridized carbons (Fsp3) is 0.333. The second kappa shape index (κ2) is 8.24. The van der Waals surface area contributed by atoms with E-state index in [4.69, 9.17) is 9.47 Å². The summed E-state index contributed by atoms with van der Waals surface area (Å²) in [6.07, 6.45) is 1.87. The molecule has 0 N–H and O–H groups in total. The van der Waals surface area contributed by atoms with Gasteiger partial charge in [-0.25, -0.2) is 9.37 Å². The van der Waals surface area contributed by atoms with Crippen LogP contribution < -0.4 is 9.64 Å². The molecule has 7 heteroatoms. The fourth-order valence-corrected chi connectivity index (χ4v) is 4.15. The van der Waals surface area contributed by atoms with Crippen LogP contribution in [-0.2, 0) is 9.53 Å². The second-order valence-corrected chi connectivity index (χ2v) is 7.86. The minimum absolute atomic E-state index is 0.0212. The third-order valence-corrected chi connectivity index (χ3v) is 5.71. The van der Waals surface area contributed by atoms with Crippen molar-refractivity contribution in [1.82, 2.24) is 4.98 Å². The number of hydrogen-bond acceptors (Lipinski definition) is 5. The van der Waals surface area contributed by atoms with Crippen LogP contribution in [0.4, 0.5) is 9.52 Å². The van der Waals surface area contributed by atoms with E-state index in [0.717, 1.165) is 18.4 Å². The van der Waals surface area contributed by atoms with E-state index >= 15 is 0 Å². The van der Waals surface area contributed by atoms with Crippen LogP contribution in [0.25, 0.3) is 10.2 Å². The standard InChI is InChI=1S/C21H21FN2O3S/c1-14-4-7-16(8-5-14)27-13-20(25)24(12-17-3-2-10-26-17)21-23-18-9-6-15(22)11-19(18)28-21/h4-9,11,17H,2-3,10,12-13H2,1H3. The normalized spacial score (nSPS) is 16.4. The molecule has 0 bridgehead atoms. The molecule has 3 aromatic rings. The van der Waals surface area contributed by atoms with Gasteiger partial charge in [0.1, 0.15) is 11.6 Å². The van der Waals surface area contributed by atoms with Gasteiger partial charge >= 0.3 is 0 Å². The predicted octanol–water partition coefficient (Wildman–Crippen LogP) is 4.33. The molecule has 4 rings (SSSR count). The van der Waals surface area contributed by atoms with Crippen LogP contribution >= 0.6 is 11.3 Å². The number of aromatic nitrogens is 1. The van der Waals surface area contributed by atoms with Crippen LogP contribution in [-0.4, -0.2) is 36.8 Å². The third-order valence-electron chi connectivity index (χ3n) is 4.66. The van der Waals surface area contributed by atoms with Crippen molar-refractivity contribution in [1.29, 1.82) is 0 Å². The van der Waals surface area contributed by atoms with Crippen LogP contribution in [0.15, 0.2) is 42.5 Å². The maximum Gasteiger partial charge on any atom is 0.266 e. The molecule has 1 atom stereocenters. The maximum atomic E-state index is 13.5. The summed E-state index contributed by atoms with van der Waals surface area (Å²) in [5.41, 5.74) is 1.80. The number of amides is 1. The molecule has 1 aliphatic rings. The highest BCUT2D eigenvalue weighted by atomic mass is 32.1. The number of thiazole rings is 1. The molecule has 0 saturated carbocycles. The van der Waals surface area contributed by atoms with Crippen LogP contribution in [0, 0.1) is 12.7 Å². The van der Waals surface area contributed by atoms with E-state index in [9.17, 15) is 9.18 Å². The predicted molar refractivity (Wildman–Crippen MR) is 108 cm³/mol. The van der Waals surface area contributed by atoms with Gasteiger partial charge in [-0.15, -0.1) is 0 Å². The van der Waals surface area contributed by atoms with E-state index in [1.165, 1.54) is 23.5 Å². The molecule has 2 aromatic carbocycles. The van der Waals surface area contributed by atoms with Crippen LogP contribution in [0.3, 0.4) is 0 Å². The van der Waals surface area contributed by atoms with Crippen molar-refractivity contribution < 1.29 is 18.7 Å². The minimum atomic E-state index is -0.317. The first kappa shape index (κ1) is 18.8. The number of aryl methyl sites for hydroxylation is 1. The van der Waals surface area contributed by atoms with Crippen LogP contribution in [0.2, 0.25) is 0 Å². The molecule has 1 unspecified atom stereocenters. The average molecular weight is 400 g/mol. The van der Waals surface area contributed by atoms with Crippen molar-refractivity contribution >= 4 is 32.6 Å². The SMILES string of the molecule is Cc1ccc(OCC(=O)N(CC2CCCO2)c2nc3ccc(F)cc3s2)cc1. The van der Waals surface area contributed by atoms with Gasteiger partial charge in [-0.05, 0) is 50.1 Å². The van der Waals surface area contributed by atoms with Gasteiger partial charge < -0.3 is 9.47 Å². The van der Waals surface area contributed by atoms with E-state index in [1.807, 2.05) is 31.2 Å². The largest absolute Gasteiger partial charge is 0.484 e. The Kier molecular flexibility index (Phi) is 5.54. The monoisotopic (exact) mass is 400 g/mol. The molecular formula is C21H21FN2O3S. The lowest BCUT2D eigenvalue weighted by atomic mass is 10.2. The zero-order chi connectivity index (χ0) is 19.5. The van der Waals surface area contributed by atoms with Gasteiger partial charge in [-0.1, -0.05) is 29.0 Å². The summed E-state index contributed by atoms with van der Waals surface area (Å²) in [5, 5.41) is 0.536. The highest BCUT2D eigenvalue weighted by molar-refractivity contribution is 7.22. The van der Waals surface area contributed by atoms with Crippen molar-refractivity contribution in [2.24, 2.45) is 0 Å². The van der Waals surface area contributed by atoms with Gasteiger partial charge in [0.25, 0.3) is 5.91 Å². The minimum Gasteiger partial charge on any atom is -0.484 e. The zero-order valence-electron chi connectivity index (χ0n) is 15.6. The summed E-state index contributed by atoms with van der Waals surface area (Å²) in [6.45, 7) is 3.02. The number of hydrogen-bond donors (Lipinski definition) is 0. The topological polar surface area (TPSA) is 51.7 Å². The average Bonchev–Trinajstić information content (AvgIpc) is 3.34. The molecule has 0 spiro atoms. The van der Waals surface area contributed by atoms with E-state index < -0.39 is 0 Å². The van der Waals surface area contributed by atoms with Gasteiger partial charge in [0, 0.05) is 6.61 Å². The number of carbonyl (C=O) groups is 1. The Balaban J connectivity index is 1.54. The summed E-state index contributed by atoms with van der Waals surface area (Å²) in [7, 11) is 0. The second-order valence-electron chi connectivity index (χ2n) is 6.85. The lowest BCUT2D eigenvalue weighted by Crippen LogP contribution is -2.40. The summed E-state index contributed by atoms with van der Waals surface area (Å²) >= 11 is 1.30. The van der Waals surface area contributed by atoms with Gasteiger partial charge in [0.2, 0.25) is 0 Å². The Morgan fingerprint density at radius 2 is 2.14 bits per heavy atom. The highest BCUT2D eigenvalue weighted by Crippen LogP contribution is 2.30. The molecule has 1 aliphatic heterocycles. The lowest BCUT2D eigenvalue weighted by molar-refractivity contribution is -0.120. The Morgan fingerprint density at radius 1 is 1.32 bits per heavy atom. The quantitative estimate of drug-likeness (QED) is 0.618. The summed E-state index contributed by atoms with van der Waals surface area (Å²) < 4.78 is 25.6. The van der Waals surface area contributed by atoms with Crippen molar-refractivity contribution in [3.63, 3.8) is 0 Å². The summed E-state index contributed by atoms with van der Waals surface area (Å²) in [4.78, 5) is 19.1. The fourth-order valence-electron chi connectivity index (χ4n) is 3.14. The molecule has 5 nitrogen and oxygen atoms in total. The van der Waals surface area contributed by atoms with Gasteiger partial charge in [0.15, 0.2) is 11.7 Å². The highest BCUT2D eigenvalue weighted by Gasteiger charge is 2.26. The number of halogens is 1. The first-order chi connectivity index (χ1) is 13.6. The summed E-state index contributed by atoms with van der Waals surface area (Å²) in [5.74, 6) is 0.125. The van der Waals surface area contributed by atoms with Crippen molar-refractivity contribution in [2.45, 2.75) is 25.9 Å². The van der Waals surface area contributed by atoms with Gasteiger partial charge in [0.05, 0.1) is 22.9 Å². The smallest absolute Gasteiger partial charge is 0.266 e. The number of anilines is 1. The Morgan fingerprint density at radius 3 is 2.89 bits per heavy atom. The molecule has 1 saturated heterocycles. The third kappa shape index (κ3) is 4.31. The number of benzene rings is 2. The first-order valence-corrected chi connectivity index (χ1v) is 10.1. The van der Waals surface area contributed by atoms with Crippen molar-refractivity contribution in [2.75, 3.05) is 24.7 Å². The van der Waals surface area contributed by atoms with Crippen LogP contribution in [0.5, 0.6) is 5.75 Å². The zero-order valence-corrected chi connectivity index (χ0v) is 16.4. The first-order valence-electron chi connectivity index (χ1n) is 9.26. The molecule has 0 radical (unpaired) electrons. The van der Waals surface area contributed by atoms with Gasteiger partial charge in [-0.3, -0.25) is 9.69 Å².